The average molecular weight is 268 g/mol. The van der Waals surface area contributed by atoms with Crippen LogP contribution in [0.15, 0.2) is 4.52 Å². The number of hydrogen-bond acceptors (Lipinski definition) is 5. The van der Waals surface area contributed by atoms with Gasteiger partial charge in [0, 0.05) is 26.4 Å². The zero-order valence-corrected chi connectivity index (χ0v) is 10.6. The highest BCUT2D eigenvalue weighted by Gasteiger charge is 2.33. The minimum Gasteiger partial charge on any atom is -0.480 e. The van der Waals surface area contributed by atoms with Crippen molar-refractivity contribution in [1.29, 1.82) is 0 Å². The molecule has 0 aromatic carbocycles. The second kappa shape index (κ2) is 5.68. The number of carboxylic acid groups (broad SMARTS) is 1. The Morgan fingerprint density at radius 2 is 2.37 bits per heavy atom. The Morgan fingerprint density at radius 1 is 1.58 bits per heavy atom. The van der Waals surface area contributed by atoms with Crippen molar-refractivity contribution in [2.75, 3.05) is 13.1 Å². The van der Waals surface area contributed by atoms with Gasteiger partial charge in [-0.15, -0.1) is 0 Å². The number of hydrogen-bond donors (Lipinski definition) is 2. The maximum atomic E-state index is 11.8. The van der Waals surface area contributed by atoms with Gasteiger partial charge in [0.15, 0.2) is 5.82 Å². The van der Waals surface area contributed by atoms with Gasteiger partial charge in [0.1, 0.15) is 6.04 Å². The Kier molecular flexibility index (Phi) is 3.98. The van der Waals surface area contributed by atoms with Gasteiger partial charge in [-0.3, -0.25) is 0 Å². The molecular weight excluding hydrogens is 252 g/mol. The van der Waals surface area contributed by atoms with E-state index in [-0.39, 0.29) is 6.03 Å². The second-order valence-corrected chi connectivity index (χ2v) is 4.40. The van der Waals surface area contributed by atoms with Crippen molar-refractivity contribution in [3.8, 4) is 0 Å². The smallest absolute Gasteiger partial charge is 0.326 e. The summed E-state index contributed by atoms with van der Waals surface area (Å²) in [5, 5.41) is 15.4. The lowest BCUT2D eigenvalue weighted by molar-refractivity contribution is -0.141. The third-order valence-corrected chi connectivity index (χ3v) is 2.99. The molecule has 1 saturated heterocycles. The summed E-state index contributed by atoms with van der Waals surface area (Å²) in [6.45, 7) is 2.52. The molecule has 2 N–H and O–H groups in total. The van der Waals surface area contributed by atoms with Crippen LogP contribution in [0.1, 0.15) is 24.6 Å². The van der Waals surface area contributed by atoms with Crippen LogP contribution in [0.3, 0.4) is 0 Å². The zero-order valence-electron chi connectivity index (χ0n) is 10.6. The number of rotatable bonds is 4. The molecule has 0 bridgehead atoms. The average Bonchev–Trinajstić information content (AvgIpc) is 2.97. The van der Waals surface area contributed by atoms with Crippen LogP contribution in [0, 0.1) is 6.92 Å². The summed E-state index contributed by atoms with van der Waals surface area (Å²) < 4.78 is 4.81. The van der Waals surface area contributed by atoms with E-state index in [1.807, 2.05) is 0 Å². The van der Waals surface area contributed by atoms with Crippen LogP contribution < -0.4 is 5.32 Å². The van der Waals surface area contributed by atoms with Crippen LogP contribution in [-0.4, -0.2) is 51.3 Å². The van der Waals surface area contributed by atoms with Crippen molar-refractivity contribution in [2.45, 2.75) is 32.2 Å². The first-order valence-corrected chi connectivity index (χ1v) is 6.14. The molecule has 2 rings (SSSR count). The molecule has 2 heterocycles. The Balaban J connectivity index is 1.79. The highest BCUT2D eigenvalue weighted by molar-refractivity contribution is 5.83. The highest BCUT2D eigenvalue weighted by Crippen LogP contribution is 2.17. The van der Waals surface area contributed by atoms with Crippen LogP contribution in [0.5, 0.6) is 0 Å². The van der Waals surface area contributed by atoms with E-state index in [4.69, 9.17) is 9.63 Å². The summed E-state index contributed by atoms with van der Waals surface area (Å²) in [5.41, 5.74) is 0. The third kappa shape index (κ3) is 3.21. The maximum absolute atomic E-state index is 11.8. The van der Waals surface area contributed by atoms with Crippen LogP contribution >= 0.6 is 0 Å². The summed E-state index contributed by atoms with van der Waals surface area (Å²) in [6.07, 6.45) is 1.68. The number of nitrogens with one attached hydrogen (secondary N) is 1. The van der Waals surface area contributed by atoms with Gasteiger partial charge in [-0.25, -0.2) is 9.59 Å². The van der Waals surface area contributed by atoms with E-state index < -0.39 is 12.0 Å². The molecule has 0 radical (unpaired) electrons. The fourth-order valence-electron chi connectivity index (χ4n) is 2.09. The van der Waals surface area contributed by atoms with E-state index in [1.54, 1.807) is 6.92 Å². The van der Waals surface area contributed by atoms with E-state index in [0.29, 0.717) is 44.1 Å². The van der Waals surface area contributed by atoms with E-state index >= 15 is 0 Å². The van der Waals surface area contributed by atoms with E-state index in [0.717, 1.165) is 0 Å². The predicted octanol–water partition coefficient (Wildman–Crippen LogP) is 0.179. The molecule has 1 atom stereocenters. The molecule has 1 aromatic rings. The lowest BCUT2D eigenvalue weighted by Crippen LogP contribution is -2.46. The second-order valence-electron chi connectivity index (χ2n) is 4.40. The molecular formula is C11H16N4O4. The first kappa shape index (κ1) is 13.3. The van der Waals surface area contributed by atoms with Crippen LogP contribution in [0.25, 0.3) is 0 Å². The summed E-state index contributed by atoms with van der Waals surface area (Å²) in [7, 11) is 0. The van der Waals surface area contributed by atoms with E-state index in [2.05, 4.69) is 15.5 Å². The van der Waals surface area contributed by atoms with Gasteiger partial charge in [0.2, 0.25) is 5.89 Å². The molecule has 1 aliphatic heterocycles. The summed E-state index contributed by atoms with van der Waals surface area (Å²) in [5.74, 6) is 0.0438. The predicted molar refractivity (Wildman–Crippen MR) is 63.5 cm³/mol. The normalized spacial score (nSPS) is 18.6. The summed E-state index contributed by atoms with van der Waals surface area (Å²) >= 11 is 0. The van der Waals surface area contributed by atoms with Crippen molar-refractivity contribution in [2.24, 2.45) is 0 Å². The fourth-order valence-corrected chi connectivity index (χ4v) is 2.09. The first-order chi connectivity index (χ1) is 9.08. The molecule has 0 aliphatic carbocycles. The number of aromatic nitrogens is 2. The fraction of sp³-hybridized carbons (Fsp3) is 0.636. The van der Waals surface area contributed by atoms with Crippen molar-refractivity contribution < 1.29 is 19.2 Å². The van der Waals surface area contributed by atoms with Gasteiger partial charge in [0.25, 0.3) is 0 Å². The van der Waals surface area contributed by atoms with Gasteiger partial charge < -0.3 is 19.8 Å². The largest absolute Gasteiger partial charge is 0.480 e. The number of nitrogens with zero attached hydrogens (tertiary/aromatic N) is 3. The Labute approximate surface area is 109 Å². The van der Waals surface area contributed by atoms with Crippen LogP contribution in [-0.2, 0) is 11.2 Å². The minimum absolute atomic E-state index is 0.348. The summed E-state index contributed by atoms with van der Waals surface area (Å²) in [4.78, 5) is 28.2. The zero-order chi connectivity index (χ0) is 13.8. The Bertz CT molecular complexity index is 473. The van der Waals surface area contributed by atoms with Gasteiger partial charge in [-0.1, -0.05) is 5.16 Å². The topological polar surface area (TPSA) is 109 Å². The van der Waals surface area contributed by atoms with Crippen molar-refractivity contribution in [3.05, 3.63) is 11.7 Å². The molecule has 1 aliphatic rings. The highest BCUT2D eigenvalue weighted by atomic mass is 16.5. The minimum atomic E-state index is -0.957. The lowest BCUT2D eigenvalue weighted by Gasteiger charge is -2.21. The SMILES string of the molecule is Cc1nc(CCNC(=O)N2CCC[C@@H]2C(=O)O)no1. The Morgan fingerprint density at radius 3 is 3.00 bits per heavy atom. The third-order valence-electron chi connectivity index (χ3n) is 2.99. The number of aryl methyl sites for hydroxylation is 1. The molecule has 8 heteroatoms. The number of amides is 2. The van der Waals surface area contributed by atoms with Crippen LogP contribution in [0.2, 0.25) is 0 Å². The number of carbonyl (C=O) groups is 2. The van der Waals surface area contributed by atoms with E-state index in [1.165, 1.54) is 4.90 Å². The standard InChI is InChI=1S/C11H16N4O4/c1-7-13-9(14-19-7)4-5-12-11(18)15-6-2-3-8(15)10(16)17/h8H,2-6H2,1H3,(H,12,18)(H,16,17)/t8-/m1/s1. The maximum Gasteiger partial charge on any atom is 0.326 e. The quantitative estimate of drug-likeness (QED) is 0.806. The van der Waals surface area contributed by atoms with Crippen molar-refractivity contribution >= 4 is 12.0 Å². The molecule has 0 saturated carbocycles. The number of carboxylic acids is 1. The number of likely N-dealkylation sites (tertiary alicyclic amines) is 1. The molecule has 104 valence electrons. The summed E-state index contributed by atoms with van der Waals surface area (Å²) in [6, 6.07) is -1.07. The molecule has 0 unspecified atom stereocenters. The molecule has 0 spiro atoms. The van der Waals surface area contributed by atoms with Crippen molar-refractivity contribution in [3.63, 3.8) is 0 Å². The molecule has 19 heavy (non-hydrogen) atoms. The molecule has 1 aromatic heterocycles. The molecule has 2 amide bonds. The van der Waals surface area contributed by atoms with Gasteiger partial charge >= 0.3 is 12.0 Å². The van der Waals surface area contributed by atoms with Gasteiger partial charge in [-0.05, 0) is 12.8 Å². The number of aliphatic carboxylic acids is 1. The Hall–Kier alpha value is -2.12. The molecule has 8 nitrogen and oxygen atoms in total. The number of carbonyl (C=O) groups excluding carboxylic acids is 1. The molecule has 1 fully saturated rings. The van der Waals surface area contributed by atoms with Crippen molar-refractivity contribution in [1.82, 2.24) is 20.4 Å². The van der Waals surface area contributed by atoms with E-state index in [9.17, 15) is 9.59 Å². The van der Waals surface area contributed by atoms with Gasteiger partial charge in [0.05, 0.1) is 0 Å². The lowest BCUT2D eigenvalue weighted by atomic mass is 10.2. The number of urea groups is 1. The first-order valence-electron chi connectivity index (χ1n) is 6.14. The monoisotopic (exact) mass is 268 g/mol. The van der Waals surface area contributed by atoms with Crippen LogP contribution in [0.4, 0.5) is 4.79 Å². The van der Waals surface area contributed by atoms with Gasteiger partial charge in [-0.2, -0.15) is 4.98 Å².